The summed E-state index contributed by atoms with van der Waals surface area (Å²) < 4.78 is 61.1. The van der Waals surface area contributed by atoms with Gasteiger partial charge in [-0.05, 0) is 153 Å². The first kappa shape index (κ1) is 116. The monoisotopic (exact) mass is 2020 g/mol. The number of carbonyl (C=O) groups is 7. The summed E-state index contributed by atoms with van der Waals surface area (Å²) >= 11 is 0. The zero-order chi connectivity index (χ0) is 107. The van der Waals surface area contributed by atoms with Crippen molar-refractivity contribution in [2.75, 3.05) is 94.5 Å². The van der Waals surface area contributed by atoms with Crippen LogP contribution in [0.25, 0.3) is 16.5 Å². The van der Waals surface area contributed by atoms with E-state index in [-0.39, 0.29) is 93.1 Å². The topological polar surface area (TPSA) is 582 Å². The van der Waals surface area contributed by atoms with Crippen LogP contribution in [0.3, 0.4) is 0 Å². The van der Waals surface area contributed by atoms with Gasteiger partial charge in [0.15, 0.2) is 29.7 Å². The quantitative estimate of drug-likeness (QED) is 0.0319. The second kappa shape index (κ2) is 45.5. The van der Waals surface area contributed by atoms with Gasteiger partial charge in [0, 0.05) is 137 Å². The maximum atomic E-state index is 14.4. The molecular weight excluding hydrogens is 1860 g/mol. The van der Waals surface area contributed by atoms with E-state index in [2.05, 4.69) is 15.3 Å². The number of primary amides is 1. The fourth-order valence-corrected chi connectivity index (χ4v) is 22.2. The summed E-state index contributed by atoms with van der Waals surface area (Å²) in [7, 11) is 13.5. The van der Waals surface area contributed by atoms with E-state index in [1.807, 2.05) is 58.8 Å². The van der Waals surface area contributed by atoms with Crippen LogP contribution in [0.15, 0.2) is 76.3 Å². The second-order valence-electron chi connectivity index (χ2n) is 42.1. The molecule has 7 heterocycles. The molecule has 3 aliphatic carbocycles. The van der Waals surface area contributed by atoms with Crippen molar-refractivity contribution in [3.8, 4) is 28.7 Å². The number of benzene rings is 3. The Bertz CT molecular complexity index is 5340. The van der Waals surface area contributed by atoms with Crippen LogP contribution in [0.2, 0.25) is 0 Å². The molecule has 143 heavy (non-hydrogen) atoms. The molecule has 4 saturated heterocycles. The van der Waals surface area contributed by atoms with Gasteiger partial charge in [-0.2, -0.15) is 5.10 Å². The third-order valence-electron chi connectivity index (χ3n) is 31.1. The second-order valence-corrected chi connectivity index (χ2v) is 42.1. The molecule has 10 aliphatic rings. The summed E-state index contributed by atoms with van der Waals surface area (Å²) in [6, 6.07) is 2.32. The first-order valence-electron chi connectivity index (χ1n) is 48.9. The molecule has 40 heteroatoms. The average Bonchev–Trinajstić information content (AvgIpc) is 1.26. The van der Waals surface area contributed by atoms with Gasteiger partial charge in [-0.1, -0.05) is 85.8 Å². The minimum absolute atomic E-state index is 0.0245. The first-order chi connectivity index (χ1) is 66.5. The number of Topliss-reactive ketones (excluding diaryl/α,β-unsaturated/α-hetero) is 3. The van der Waals surface area contributed by atoms with Crippen molar-refractivity contribution in [3.63, 3.8) is 0 Å². The number of hydrazone groups is 1. The Morgan fingerprint density at radius 1 is 0.713 bits per heavy atom. The SMILES string of the molecule is CC[C@H]1OC(=O)[C@H](C)[C@@H](O[C@H]2C[C@@](C)(OC)[C@@H](O)[C@H](C)O2)[C@H](C)[C@@H](O[C@@H]2O[C@H](C)C[C@H](N(C)C)[C@H]2O)[C@](C)(O)C[C@@H](C)CN(C)[C@H](C)[C@@H](O)[C@]1(C)O.CO[C@H]1/C=C/O[C@@]2(C)Oc3c(C)c(O)c4c(O)c(c(/C=N/N5CCN(C)CC5)c(O)c4c3C2=O)NC(=O)/C(C)=C\C=C\[C@H](C)[C@H](O)[C@@H](C)[C@@H](O)[C@@H](C)[C@H](OC(C)=O)[C@@H]1C.C[C@H]1c2cccc(O)c2C(O)=C2C(=O)[C@]3(O)C(O)=C(C(N)=O)C(=O)[C@@H](N(C)C)[C@@H]3[C@@H](O)[C@@H]21. The number of ketones is 3. The molecular formula is C103H154N8O32. The molecule has 33 atom stereocenters. The standard InChI is InChI=1S/C43H58N4O12.C38H72N2O12.C22H24N2O8/c1-21-12-11-13-22(2)42(55)45-33-28(20-44-47-17-15-46(9)16-18-47)37(52)30-31(38(33)53)36(51)26(6)40-32(30)41(54)43(8,59-40)57-19-14-29(56-10)23(3)39(58-27(7)48)25(5)35(50)24(4)34(21)49;1-15-27-38(10,46)31(42)24(6)40(13)19-20(2)17-36(8,45)33(52-35-29(41)26(39(11)12)16-21(3)48-35)22(4)30(23(5)34(44)50-27)51-28-18-37(9,47-14)32(43)25(7)49-28;1-7-8-5-4-6-9(25)11(8)16(26)12-10(7)17(27)14-15(24(2)3)18(28)13(21(23)31)20(30)22(14,32)19(12)29/h11-14,19-21,23-25,29,34-35,39,49-53H,15-18H2,1-10H3,(H,45,55);20-33,35,41-43,45-46H,15-19H2,1-14H3;4-7,10,14-15,17,25-27,30,32H,1-3H3,(H2,23,31)/b12-11+,19-14+,22-13-,44-20+;;/t21-,23+,24+,25+,29-,34-,35+,39+,43-;20-,21-,22+,23-,24-,25+,26+,27-,28+,29-,30+,31-,32+,33-,35+,36-,37-,38-;7-,10+,14+,15-,17-,22-/m010/s1. The number of amides is 2. The molecule has 1 saturated carbocycles. The average molecular weight is 2020 g/mol. The largest absolute Gasteiger partial charge is 0.508 e. The number of methoxy groups -OCH3 is 2. The summed E-state index contributed by atoms with van der Waals surface area (Å²) in [5, 5.41) is 180. The van der Waals surface area contributed by atoms with Gasteiger partial charge in [0.1, 0.15) is 76.2 Å². The summed E-state index contributed by atoms with van der Waals surface area (Å²) in [5.74, 6) is -19.8. The molecule has 7 aliphatic heterocycles. The predicted molar refractivity (Wildman–Crippen MR) is 525 cm³/mol. The number of hydrogen-bond donors (Lipinski definition) is 17. The number of phenols is 4. The number of nitrogens with one attached hydrogen (secondary N) is 1. The third kappa shape index (κ3) is 22.9. The maximum Gasteiger partial charge on any atom is 0.312 e. The number of carbonyl (C=O) groups excluding carboxylic acids is 7. The van der Waals surface area contributed by atoms with E-state index in [0.717, 1.165) is 13.1 Å². The van der Waals surface area contributed by atoms with Gasteiger partial charge in [-0.3, -0.25) is 43.5 Å². The van der Waals surface area contributed by atoms with Crippen LogP contribution in [-0.4, -0.2) is 376 Å². The minimum Gasteiger partial charge on any atom is -0.508 e. The van der Waals surface area contributed by atoms with Crippen LogP contribution in [-0.2, 0) is 71.4 Å². The van der Waals surface area contributed by atoms with E-state index < -0.39 is 260 Å². The van der Waals surface area contributed by atoms with E-state index in [4.69, 9.17) is 53.1 Å². The molecule has 40 nitrogen and oxygen atoms in total. The Kier molecular flexibility index (Phi) is 36.8. The zero-order valence-electron chi connectivity index (χ0n) is 87.1. The highest BCUT2D eigenvalue weighted by atomic mass is 16.7. The van der Waals surface area contributed by atoms with Gasteiger partial charge in [-0.25, -0.2) is 0 Å². The molecule has 5 bridgehead atoms. The number of hydrogen-bond acceptors (Lipinski definition) is 38. The number of aromatic hydroxyl groups is 4. The van der Waals surface area contributed by atoms with Gasteiger partial charge in [0.25, 0.3) is 17.6 Å². The molecule has 0 radical (unpaired) electrons. The minimum atomic E-state index is -2.89. The van der Waals surface area contributed by atoms with Gasteiger partial charge >= 0.3 is 17.7 Å². The van der Waals surface area contributed by atoms with E-state index >= 15 is 0 Å². The maximum absolute atomic E-state index is 14.4. The number of cyclic esters (lactones) is 1. The number of nitrogens with zero attached hydrogens (tertiary/aromatic N) is 6. The van der Waals surface area contributed by atoms with Crippen LogP contribution in [0, 0.1) is 60.2 Å². The number of anilines is 1. The number of allylic oxidation sites excluding steroid dienone is 2. The first-order valence-corrected chi connectivity index (χ1v) is 48.9. The molecule has 18 N–H and O–H groups in total. The summed E-state index contributed by atoms with van der Waals surface area (Å²) in [4.78, 5) is 101. The van der Waals surface area contributed by atoms with Crippen molar-refractivity contribution in [3.05, 3.63) is 99.1 Å². The molecule has 0 spiro atoms. The molecule has 798 valence electrons. The van der Waals surface area contributed by atoms with Crippen molar-refractivity contribution in [2.24, 2.45) is 64.1 Å². The van der Waals surface area contributed by atoms with Gasteiger partial charge in [-0.15, -0.1) is 0 Å². The summed E-state index contributed by atoms with van der Waals surface area (Å²) in [6.07, 6.45) is -4.92. The third-order valence-corrected chi connectivity index (χ3v) is 31.1. The van der Waals surface area contributed by atoms with Crippen molar-refractivity contribution in [2.45, 2.75) is 301 Å². The lowest BCUT2D eigenvalue weighted by molar-refractivity contribution is -0.318. The number of rotatable bonds is 13. The van der Waals surface area contributed by atoms with Crippen LogP contribution < -0.4 is 15.8 Å². The predicted octanol–water partition coefficient (Wildman–Crippen LogP) is 5.73. The van der Waals surface area contributed by atoms with Crippen molar-refractivity contribution in [1.82, 2.24) is 24.6 Å². The summed E-state index contributed by atoms with van der Waals surface area (Å²) in [5.41, 5.74) is -3.26. The number of fused-ring (bicyclic) bond motifs is 17. The van der Waals surface area contributed by atoms with Crippen LogP contribution in [0.4, 0.5) is 5.69 Å². The number of likely N-dealkylation sites (N-methyl/N-ethyl adjacent to an activating group) is 4. The van der Waals surface area contributed by atoms with Crippen molar-refractivity contribution in [1.29, 1.82) is 0 Å². The zero-order valence-corrected chi connectivity index (χ0v) is 87.1. The normalized spacial score (nSPS) is 39.0. The number of aliphatic hydroxyl groups is 11. The highest BCUT2D eigenvalue weighted by Crippen LogP contribution is 2.59. The van der Waals surface area contributed by atoms with Crippen LogP contribution in [0.5, 0.6) is 28.7 Å². The number of esters is 2. The number of nitrogens with two attached hydrogens (primary N) is 1. The Balaban J connectivity index is 0.000000229. The summed E-state index contributed by atoms with van der Waals surface area (Å²) in [6.45, 7) is 34.8. The Morgan fingerprint density at radius 2 is 1.35 bits per heavy atom. The highest BCUT2D eigenvalue weighted by molar-refractivity contribution is 6.26. The molecule has 2 amide bonds. The fourth-order valence-electron chi connectivity index (χ4n) is 22.2. The van der Waals surface area contributed by atoms with Crippen LogP contribution in [0.1, 0.15) is 189 Å². The number of phenolic OH excluding ortho intramolecular Hbond substituents is 4. The highest BCUT2D eigenvalue weighted by Gasteiger charge is 2.69. The lowest BCUT2D eigenvalue weighted by Gasteiger charge is -2.53. The number of aliphatic hydroxyl groups excluding tert-OH is 8. The Hall–Kier alpha value is -9.38. The van der Waals surface area contributed by atoms with E-state index in [0.29, 0.717) is 31.6 Å². The Morgan fingerprint density at radius 3 is 1.94 bits per heavy atom. The lowest BCUT2D eigenvalue weighted by atomic mass is 9.54. The molecule has 3 aromatic carbocycles. The molecule has 0 unspecified atom stereocenters. The van der Waals surface area contributed by atoms with Crippen molar-refractivity contribution >= 4 is 69.5 Å². The number of ether oxygens (including phenoxy) is 10. The Labute approximate surface area is 835 Å². The van der Waals surface area contributed by atoms with Crippen LogP contribution >= 0.6 is 0 Å². The van der Waals surface area contributed by atoms with Crippen molar-refractivity contribution < 1.29 is 158 Å². The van der Waals surface area contributed by atoms with Gasteiger partial charge in [0.2, 0.25) is 5.78 Å². The fraction of sp³-hybridized carbons (Fsp3) is 0.670. The van der Waals surface area contributed by atoms with Gasteiger partial charge in [0.05, 0.1) is 118 Å². The lowest BCUT2D eigenvalue weighted by Crippen LogP contribution is -2.70. The molecule has 3 aromatic rings. The molecule has 0 aromatic heterocycles. The van der Waals surface area contributed by atoms with Gasteiger partial charge < -0.3 is 150 Å². The van der Waals surface area contributed by atoms with E-state index in [1.54, 1.807) is 105 Å². The van der Waals surface area contributed by atoms with E-state index in [9.17, 15) is 110 Å². The number of piperazine rings is 1. The molecule has 13 rings (SSSR count). The van der Waals surface area contributed by atoms with E-state index in [1.165, 1.54) is 98.5 Å². The smallest absolute Gasteiger partial charge is 0.312 e. The molecule has 5 fully saturated rings.